The largest absolute Gasteiger partial charge is 0.389 e. The van der Waals surface area contributed by atoms with Crippen molar-refractivity contribution in [1.82, 2.24) is 5.32 Å². The molecule has 0 saturated carbocycles. The first-order chi connectivity index (χ1) is 7.15. The van der Waals surface area contributed by atoms with E-state index in [0.717, 1.165) is 11.3 Å². The summed E-state index contributed by atoms with van der Waals surface area (Å²) in [6.07, 6.45) is 0. The lowest BCUT2D eigenvalue weighted by Gasteiger charge is -2.09. The Morgan fingerprint density at radius 3 is 2.73 bits per heavy atom. The van der Waals surface area contributed by atoms with Gasteiger partial charge in [0.25, 0.3) is 0 Å². The third-order valence-corrected chi connectivity index (χ3v) is 2.13. The van der Waals surface area contributed by atoms with Crippen molar-refractivity contribution in [3.63, 3.8) is 0 Å². The van der Waals surface area contributed by atoms with E-state index in [1.54, 1.807) is 7.05 Å². The number of rotatable bonds is 4. The fraction of sp³-hybridized carbons (Fsp3) is 0.200. The van der Waals surface area contributed by atoms with Crippen LogP contribution in [0.3, 0.4) is 0 Å². The first-order valence-corrected chi connectivity index (χ1v) is 4.89. The van der Waals surface area contributed by atoms with Gasteiger partial charge in [-0.2, -0.15) is 0 Å². The molecule has 5 heteroatoms. The van der Waals surface area contributed by atoms with E-state index in [9.17, 15) is 4.79 Å². The number of carbonyl (C=O) groups excluding carboxylic acids is 1. The van der Waals surface area contributed by atoms with Crippen molar-refractivity contribution in [3.8, 4) is 0 Å². The van der Waals surface area contributed by atoms with E-state index in [2.05, 4.69) is 10.6 Å². The molecule has 0 aromatic heterocycles. The Hall–Kier alpha value is -1.62. The number of nitrogens with one attached hydrogen (secondary N) is 2. The number of hydrogen-bond donors (Lipinski definition) is 3. The average molecular weight is 223 g/mol. The summed E-state index contributed by atoms with van der Waals surface area (Å²) in [7, 11) is 1.59. The molecule has 1 amide bonds. The molecule has 0 unspecified atom stereocenters. The molecule has 0 aliphatic heterocycles. The zero-order valence-corrected chi connectivity index (χ0v) is 9.23. The molecule has 0 aliphatic carbocycles. The van der Waals surface area contributed by atoms with Crippen LogP contribution in [0.5, 0.6) is 0 Å². The van der Waals surface area contributed by atoms with E-state index in [4.69, 9.17) is 18.0 Å². The number of carbonyl (C=O) groups is 1. The van der Waals surface area contributed by atoms with Crippen LogP contribution in [-0.4, -0.2) is 24.5 Å². The number of nitrogens with two attached hydrogens (primary N) is 1. The molecular formula is C10H13N3OS. The molecule has 0 bridgehead atoms. The van der Waals surface area contributed by atoms with Crippen molar-refractivity contribution in [2.45, 2.75) is 0 Å². The predicted octanol–water partition coefficient (Wildman–Crippen LogP) is 0.479. The second-order valence-electron chi connectivity index (χ2n) is 2.94. The van der Waals surface area contributed by atoms with Gasteiger partial charge in [0.1, 0.15) is 4.99 Å². The van der Waals surface area contributed by atoms with Gasteiger partial charge in [0, 0.05) is 18.3 Å². The summed E-state index contributed by atoms with van der Waals surface area (Å²) in [6.45, 7) is 0.204. The van der Waals surface area contributed by atoms with Crippen LogP contribution in [0.1, 0.15) is 5.56 Å². The van der Waals surface area contributed by atoms with Crippen molar-refractivity contribution < 1.29 is 4.79 Å². The summed E-state index contributed by atoms with van der Waals surface area (Å²) in [5.41, 5.74) is 7.06. The van der Waals surface area contributed by atoms with Gasteiger partial charge in [0.2, 0.25) is 5.91 Å². The molecule has 4 nitrogen and oxygen atoms in total. The van der Waals surface area contributed by atoms with Gasteiger partial charge in [-0.25, -0.2) is 0 Å². The zero-order valence-electron chi connectivity index (χ0n) is 8.41. The fourth-order valence-electron chi connectivity index (χ4n) is 1.12. The molecule has 1 aromatic rings. The second-order valence-corrected chi connectivity index (χ2v) is 3.38. The van der Waals surface area contributed by atoms with E-state index in [-0.39, 0.29) is 12.5 Å². The maximum atomic E-state index is 11.0. The number of amides is 1. The molecule has 4 N–H and O–H groups in total. The van der Waals surface area contributed by atoms with Crippen LogP contribution in [0.2, 0.25) is 0 Å². The van der Waals surface area contributed by atoms with Crippen molar-refractivity contribution in [1.29, 1.82) is 0 Å². The summed E-state index contributed by atoms with van der Waals surface area (Å²) in [5.74, 6) is -0.0901. The third kappa shape index (κ3) is 3.21. The average Bonchev–Trinajstić information content (AvgIpc) is 2.26. The fourth-order valence-corrected chi connectivity index (χ4v) is 1.29. The molecular weight excluding hydrogens is 210 g/mol. The van der Waals surface area contributed by atoms with Crippen LogP contribution in [0, 0.1) is 0 Å². The lowest BCUT2D eigenvalue weighted by atomic mass is 10.2. The summed E-state index contributed by atoms with van der Waals surface area (Å²) >= 11 is 4.90. The number of thiocarbonyl (C=S) groups is 1. The van der Waals surface area contributed by atoms with Crippen molar-refractivity contribution in [3.05, 3.63) is 29.8 Å². The summed E-state index contributed by atoms with van der Waals surface area (Å²) in [6, 6.07) is 7.35. The molecule has 0 aliphatic rings. The summed E-state index contributed by atoms with van der Waals surface area (Å²) < 4.78 is 0. The molecule has 0 spiro atoms. The highest BCUT2D eigenvalue weighted by Crippen LogP contribution is 2.13. The third-order valence-electron chi connectivity index (χ3n) is 1.91. The number of benzene rings is 1. The monoisotopic (exact) mass is 223 g/mol. The summed E-state index contributed by atoms with van der Waals surface area (Å²) in [5, 5.41) is 5.48. The van der Waals surface area contributed by atoms with Gasteiger partial charge < -0.3 is 16.4 Å². The minimum Gasteiger partial charge on any atom is -0.389 e. The highest BCUT2D eigenvalue weighted by molar-refractivity contribution is 7.80. The minimum atomic E-state index is -0.0901. The highest BCUT2D eigenvalue weighted by atomic mass is 32.1. The van der Waals surface area contributed by atoms with Crippen molar-refractivity contribution >= 4 is 28.8 Å². The van der Waals surface area contributed by atoms with E-state index in [1.807, 2.05) is 24.3 Å². The molecule has 0 heterocycles. The Morgan fingerprint density at radius 2 is 2.13 bits per heavy atom. The standard InChI is InChI=1S/C10H13N3OS/c1-12-9(14)6-13-8-5-3-2-4-7(8)10(11)15/h2-5,13H,6H2,1H3,(H2,11,15)(H,12,14). The van der Waals surface area contributed by atoms with Gasteiger partial charge >= 0.3 is 0 Å². The Morgan fingerprint density at radius 1 is 1.47 bits per heavy atom. The molecule has 80 valence electrons. The second kappa shape index (κ2) is 5.31. The lowest BCUT2D eigenvalue weighted by molar-refractivity contribution is -0.118. The topological polar surface area (TPSA) is 67.2 Å². The lowest BCUT2D eigenvalue weighted by Crippen LogP contribution is -2.27. The minimum absolute atomic E-state index is 0.0901. The van der Waals surface area contributed by atoms with Gasteiger partial charge in [0.05, 0.1) is 6.54 Å². The van der Waals surface area contributed by atoms with E-state index >= 15 is 0 Å². The molecule has 0 radical (unpaired) electrons. The molecule has 0 atom stereocenters. The van der Waals surface area contributed by atoms with Gasteiger partial charge in [-0.3, -0.25) is 4.79 Å². The Labute approximate surface area is 93.9 Å². The highest BCUT2D eigenvalue weighted by Gasteiger charge is 2.04. The summed E-state index contributed by atoms with van der Waals surface area (Å²) in [4.78, 5) is 11.3. The van der Waals surface area contributed by atoms with Crippen LogP contribution in [0.25, 0.3) is 0 Å². The SMILES string of the molecule is CNC(=O)CNc1ccccc1C(N)=S. The number of para-hydroxylation sites is 1. The molecule has 0 fully saturated rings. The van der Waals surface area contributed by atoms with Gasteiger partial charge in [-0.1, -0.05) is 24.4 Å². The van der Waals surface area contributed by atoms with Gasteiger partial charge in [-0.15, -0.1) is 0 Å². The Balaban J connectivity index is 2.76. The maximum Gasteiger partial charge on any atom is 0.239 e. The Bertz CT molecular complexity index is 379. The zero-order chi connectivity index (χ0) is 11.3. The Kier molecular flexibility index (Phi) is 4.05. The van der Waals surface area contributed by atoms with Crippen LogP contribution >= 0.6 is 12.2 Å². The first-order valence-electron chi connectivity index (χ1n) is 4.48. The van der Waals surface area contributed by atoms with Crippen LogP contribution in [0.15, 0.2) is 24.3 Å². The van der Waals surface area contributed by atoms with Crippen LogP contribution in [-0.2, 0) is 4.79 Å². The predicted molar refractivity (Wildman–Crippen MR) is 64.9 cm³/mol. The van der Waals surface area contributed by atoms with E-state index in [0.29, 0.717) is 4.99 Å². The molecule has 1 rings (SSSR count). The van der Waals surface area contributed by atoms with Gasteiger partial charge in [0.15, 0.2) is 0 Å². The van der Waals surface area contributed by atoms with Crippen molar-refractivity contribution in [2.24, 2.45) is 5.73 Å². The quantitative estimate of drug-likeness (QED) is 0.649. The van der Waals surface area contributed by atoms with Gasteiger partial charge in [-0.05, 0) is 12.1 Å². The van der Waals surface area contributed by atoms with Crippen LogP contribution < -0.4 is 16.4 Å². The smallest absolute Gasteiger partial charge is 0.239 e. The maximum absolute atomic E-state index is 11.0. The molecule has 0 saturated heterocycles. The van der Waals surface area contributed by atoms with Crippen molar-refractivity contribution in [2.75, 3.05) is 18.9 Å². The van der Waals surface area contributed by atoms with E-state index < -0.39 is 0 Å². The first kappa shape index (κ1) is 11.5. The number of likely N-dealkylation sites (N-methyl/N-ethyl adjacent to an activating group) is 1. The van der Waals surface area contributed by atoms with E-state index in [1.165, 1.54) is 0 Å². The molecule has 1 aromatic carbocycles. The number of anilines is 1. The van der Waals surface area contributed by atoms with Crippen LogP contribution in [0.4, 0.5) is 5.69 Å². The normalized spacial score (nSPS) is 9.40. The molecule has 15 heavy (non-hydrogen) atoms. The number of hydrogen-bond acceptors (Lipinski definition) is 3.